The highest BCUT2D eigenvalue weighted by Gasteiger charge is 2.23. The van der Waals surface area contributed by atoms with Crippen molar-refractivity contribution in [3.63, 3.8) is 0 Å². The number of aromatic nitrogens is 2. The predicted octanol–water partition coefficient (Wildman–Crippen LogP) is 2.75. The first-order valence-electron chi connectivity index (χ1n) is 7.31. The summed E-state index contributed by atoms with van der Waals surface area (Å²) in [5, 5.41) is 3.02. The molecule has 3 rings (SSSR count). The summed E-state index contributed by atoms with van der Waals surface area (Å²) in [6, 6.07) is 6.97. The van der Waals surface area contributed by atoms with E-state index in [1.165, 1.54) is 0 Å². The molecule has 1 aliphatic carbocycles. The molecule has 1 aromatic heterocycles. The molecule has 2 aromatic rings. The number of aryl methyl sites for hydroxylation is 1. The minimum atomic E-state index is 0.117. The minimum Gasteiger partial charge on any atom is -0.353 e. The number of rotatable bonds is 4. The zero-order valence-electron chi connectivity index (χ0n) is 12.3. The quantitative estimate of drug-likeness (QED) is 0.929. The summed E-state index contributed by atoms with van der Waals surface area (Å²) in [4.78, 5) is 16.4. The van der Waals surface area contributed by atoms with E-state index in [0.29, 0.717) is 18.5 Å². The second-order valence-electron chi connectivity index (χ2n) is 5.96. The second-order valence-corrected chi connectivity index (χ2v) is 5.96. The molecule has 0 saturated heterocycles. The number of hydrogen-bond donors (Lipinski definition) is 1. The van der Waals surface area contributed by atoms with Crippen molar-refractivity contribution in [1.82, 2.24) is 14.9 Å². The van der Waals surface area contributed by atoms with Crippen LogP contribution in [0.15, 0.2) is 18.2 Å². The Morgan fingerprint density at radius 3 is 2.85 bits per heavy atom. The van der Waals surface area contributed by atoms with Crippen molar-refractivity contribution in [3.05, 3.63) is 29.6 Å². The van der Waals surface area contributed by atoms with Crippen LogP contribution >= 0.6 is 0 Å². The van der Waals surface area contributed by atoms with Crippen molar-refractivity contribution in [2.45, 2.75) is 52.1 Å². The number of fused-ring (bicyclic) bond motifs is 1. The topological polar surface area (TPSA) is 46.9 Å². The molecule has 0 unspecified atom stereocenters. The van der Waals surface area contributed by atoms with Crippen molar-refractivity contribution in [1.29, 1.82) is 0 Å². The van der Waals surface area contributed by atoms with Crippen LogP contribution in [0.4, 0.5) is 0 Å². The van der Waals surface area contributed by atoms with Gasteiger partial charge in [0.25, 0.3) is 0 Å². The molecule has 1 heterocycles. The highest BCUT2D eigenvalue weighted by molar-refractivity contribution is 5.82. The fraction of sp³-hybridized carbons (Fsp3) is 0.500. The molecular weight excluding hydrogens is 250 g/mol. The van der Waals surface area contributed by atoms with E-state index in [4.69, 9.17) is 0 Å². The first kappa shape index (κ1) is 13.2. The molecule has 1 amide bonds. The molecule has 0 bridgehead atoms. The van der Waals surface area contributed by atoms with Crippen LogP contribution in [0.3, 0.4) is 0 Å². The third-order valence-corrected chi connectivity index (χ3v) is 3.75. The van der Waals surface area contributed by atoms with Crippen LogP contribution in [0.1, 0.15) is 44.1 Å². The molecule has 0 atom stereocenters. The maximum absolute atomic E-state index is 11.8. The van der Waals surface area contributed by atoms with Crippen molar-refractivity contribution in [2.24, 2.45) is 0 Å². The van der Waals surface area contributed by atoms with Gasteiger partial charge in [0, 0.05) is 12.1 Å². The molecule has 1 fully saturated rings. The van der Waals surface area contributed by atoms with E-state index < -0.39 is 0 Å². The van der Waals surface area contributed by atoms with E-state index in [2.05, 4.69) is 34.8 Å². The number of carbonyl (C=O) groups is 1. The Hall–Kier alpha value is -1.84. The van der Waals surface area contributed by atoms with Crippen molar-refractivity contribution >= 4 is 16.9 Å². The van der Waals surface area contributed by atoms with Crippen molar-refractivity contribution in [2.75, 3.05) is 0 Å². The fourth-order valence-electron chi connectivity index (χ4n) is 2.72. The van der Waals surface area contributed by atoms with Gasteiger partial charge < -0.3 is 9.88 Å². The highest BCUT2D eigenvalue weighted by Crippen LogP contribution is 2.22. The van der Waals surface area contributed by atoms with Crippen LogP contribution in [0.2, 0.25) is 0 Å². The second kappa shape index (κ2) is 4.93. The van der Waals surface area contributed by atoms with Gasteiger partial charge in [-0.25, -0.2) is 4.98 Å². The molecule has 106 valence electrons. The number of imidazole rings is 1. The third-order valence-electron chi connectivity index (χ3n) is 3.75. The van der Waals surface area contributed by atoms with Gasteiger partial charge in [0.1, 0.15) is 5.82 Å². The average Bonchev–Trinajstić information content (AvgIpc) is 3.09. The van der Waals surface area contributed by atoms with Crippen LogP contribution in [0, 0.1) is 6.92 Å². The number of nitrogens with zero attached hydrogens (tertiary/aromatic N) is 2. The first-order chi connectivity index (χ1) is 9.54. The lowest BCUT2D eigenvalue weighted by Crippen LogP contribution is -2.26. The Bertz CT molecular complexity index is 653. The highest BCUT2D eigenvalue weighted by atomic mass is 16.1. The van der Waals surface area contributed by atoms with E-state index in [9.17, 15) is 4.79 Å². The van der Waals surface area contributed by atoms with Gasteiger partial charge in [0.2, 0.25) is 5.91 Å². The summed E-state index contributed by atoms with van der Waals surface area (Å²) in [5.74, 6) is 1.14. The molecule has 1 aromatic carbocycles. The number of nitrogens with one attached hydrogen (secondary N) is 1. The molecule has 4 nitrogen and oxygen atoms in total. The summed E-state index contributed by atoms with van der Waals surface area (Å²) in [5.41, 5.74) is 3.15. The van der Waals surface area contributed by atoms with E-state index in [1.807, 2.05) is 19.1 Å². The monoisotopic (exact) mass is 271 g/mol. The molecule has 1 saturated carbocycles. The number of hydrogen-bond acceptors (Lipinski definition) is 2. The summed E-state index contributed by atoms with van der Waals surface area (Å²) in [6.45, 7) is 6.34. The van der Waals surface area contributed by atoms with Gasteiger partial charge >= 0.3 is 0 Å². The largest absolute Gasteiger partial charge is 0.353 e. The van der Waals surface area contributed by atoms with Crippen LogP contribution in [0.5, 0.6) is 0 Å². The van der Waals surface area contributed by atoms with Gasteiger partial charge in [-0.3, -0.25) is 4.79 Å². The summed E-state index contributed by atoms with van der Waals surface area (Å²) in [6.07, 6.45) is 2.70. The molecule has 0 spiro atoms. The van der Waals surface area contributed by atoms with Crippen LogP contribution in [-0.4, -0.2) is 21.5 Å². The molecular formula is C16H21N3O. The molecule has 1 aliphatic rings. The van der Waals surface area contributed by atoms with Gasteiger partial charge in [-0.15, -0.1) is 0 Å². The van der Waals surface area contributed by atoms with Crippen molar-refractivity contribution < 1.29 is 4.79 Å². The van der Waals surface area contributed by atoms with E-state index >= 15 is 0 Å². The predicted molar refractivity (Wildman–Crippen MR) is 79.7 cm³/mol. The fourth-order valence-corrected chi connectivity index (χ4v) is 2.72. The van der Waals surface area contributed by atoms with Gasteiger partial charge in [-0.1, -0.05) is 6.07 Å². The lowest BCUT2D eigenvalue weighted by molar-refractivity contribution is -0.120. The summed E-state index contributed by atoms with van der Waals surface area (Å²) in [7, 11) is 0. The Morgan fingerprint density at radius 1 is 1.45 bits per heavy atom. The number of benzene rings is 1. The Morgan fingerprint density at radius 2 is 2.20 bits per heavy atom. The smallest absolute Gasteiger partial charge is 0.224 e. The van der Waals surface area contributed by atoms with Gasteiger partial charge in [-0.05, 0) is 51.3 Å². The average molecular weight is 271 g/mol. The van der Waals surface area contributed by atoms with E-state index in [1.54, 1.807) is 0 Å². The van der Waals surface area contributed by atoms with Gasteiger partial charge in [0.15, 0.2) is 0 Å². The molecule has 4 heteroatoms. The standard InChI is InChI=1S/C16H21N3O/c1-10(2)19-11(3)17-14-8-12(4-7-15(14)19)9-16(20)18-13-5-6-13/h4,7-8,10,13H,5-6,9H2,1-3H3,(H,18,20). The molecule has 1 N–H and O–H groups in total. The maximum Gasteiger partial charge on any atom is 0.224 e. The lowest BCUT2D eigenvalue weighted by Gasteiger charge is -2.10. The van der Waals surface area contributed by atoms with Gasteiger partial charge in [0.05, 0.1) is 17.5 Å². The van der Waals surface area contributed by atoms with Crippen LogP contribution < -0.4 is 5.32 Å². The minimum absolute atomic E-state index is 0.117. The Labute approximate surface area is 119 Å². The summed E-state index contributed by atoms with van der Waals surface area (Å²) >= 11 is 0. The molecule has 0 aliphatic heterocycles. The first-order valence-corrected chi connectivity index (χ1v) is 7.31. The zero-order chi connectivity index (χ0) is 14.3. The Kier molecular flexibility index (Phi) is 3.24. The van der Waals surface area contributed by atoms with E-state index in [-0.39, 0.29) is 5.91 Å². The van der Waals surface area contributed by atoms with E-state index in [0.717, 1.165) is 35.3 Å². The zero-order valence-corrected chi connectivity index (χ0v) is 12.3. The third kappa shape index (κ3) is 2.55. The SMILES string of the molecule is Cc1nc2cc(CC(=O)NC3CC3)ccc2n1C(C)C. The Balaban J connectivity index is 1.85. The van der Waals surface area contributed by atoms with Crippen LogP contribution in [0.25, 0.3) is 11.0 Å². The van der Waals surface area contributed by atoms with Gasteiger partial charge in [-0.2, -0.15) is 0 Å². The lowest BCUT2D eigenvalue weighted by atomic mass is 10.1. The van der Waals surface area contributed by atoms with Crippen molar-refractivity contribution in [3.8, 4) is 0 Å². The van der Waals surface area contributed by atoms with Crippen LogP contribution in [-0.2, 0) is 11.2 Å². The number of carbonyl (C=O) groups excluding carboxylic acids is 1. The molecule has 0 radical (unpaired) electrons. The normalized spacial score (nSPS) is 15.0. The molecule has 20 heavy (non-hydrogen) atoms. The maximum atomic E-state index is 11.8. The summed E-state index contributed by atoms with van der Waals surface area (Å²) < 4.78 is 2.23. The number of amides is 1.